The number of aryl methyl sites for hydroxylation is 2. The lowest BCUT2D eigenvalue weighted by molar-refractivity contribution is 0.0283. The summed E-state index contributed by atoms with van der Waals surface area (Å²) in [5, 5.41) is 0.613. The minimum Gasteiger partial charge on any atom is -0.494 e. The molecule has 1 aromatic heterocycles. The van der Waals surface area contributed by atoms with Crippen LogP contribution in [0.25, 0.3) is 11.0 Å². The van der Waals surface area contributed by atoms with Crippen LogP contribution in [0.5, 0.6) is 5.75 Å². The first-order valence-corrected chi connectivity index (χ1v) is 12.4. The first-order chi connectivity index (χ1) is 15.7. The Kier molecular flexibility index (Phi) is 6.36. The second-order valence-corrected chi connectivity index (χ2v) is 9.67. The summed E-state index contributed by atoms with van der Waals surface area (Å²) in [6.45, 7) is 9.65. The number of hydrogen-bond donors (Lipinski definition) is 1. The van der Waals surface area contributed by atoms with Crippen molar-refractivity contribution < 1.29 is 27.1 Å². The van der Waals surface area contributed by atoms with Crippen LogP contribution in [-0.2, 0) is 14.8 Å². The quantitative estimate of drug-likeness (QED) is 0.582. The van der Waals surface area contributed by atoms with Crippen molar-refractivity contribution in [2.75, 3.05) is 37.6 Å². The molecule has 2 heterocycles. The molecule has 1 amide bonds. The van der Waals surface area contributed by atoms with E-state index in [1.54, 1.807) is 43.0 Å². The van der Waals surface area contributed by atoms with Crippen LogP contribution in [0, 0.1) is 20.8 Å². The molecule has 33 heavy (non-hydrogen) atoms. The third kappa shape index (κ3) is 4.43. The molecule has 0 radical (unpaired) electrons. The van der Waals surface area contributed by atoms with Crippen molar-refractivity contribution in [3.05, 3.63) is 52.8 Å². The van der Waals surface area contributed by atoms with Crippen LogP contribution in [-0.4, -0.2) is 52.1 Å². The lowest BCUT2D eigenvalue weighted by Gasteiger charge is -2.26. The maximum absolute atomic E-state index is 13.5. The average Bonchev–Trinajstić information content (AvgIpc) is 3.11. The van der Waals surface area contributed by atoms with E-state index < -0.39 is 10.0 Å². The van der Waals surface area contributed by atoms with E-state index in [2.05, 4.69) is 4.72 Å². The summed E-state index contributed by atoms with van der Waals surface area (Å²) in [6, 6.07) is 8.57. The van der Waals surface area contributed by atoms with Crippen LogP contribution in [0.4, 0.5) is 5.69 Å². The van der Waals surface area contributed by atoms with Gasteiger partial charge in [-0.25, -0.2) is 8.42 Å². The van der Waals surface area contributed by atoms with E-state index in [1.807, 2.05) is 19.9 Å². The van der Waals surface area contributed by atoms with Gasteiger partial charge in [0.15, 0.2) is 11.3 Å². The molecule has 9 heteroatoms. The molecule has 3 aromatic rings. The second-order valence-electron chi connectivity index (χ2n) is 8.05. The average molecular weight is 473 g/mol. The number of nitrogens with zero attached hydrogens (tertiary/aromatic N) is 1. The van der Waals surface area contributed by atoms with Crippen LogP contribution in [0.15, 0.2) is 39.6 Å². The molecule has 2 aromatic carbocycles. The Morgan fingerprint density at radius 3 is 2.39 bits per heavy atom. The van der Waals surface area contributed by atoms with Gasteiger partial charge >= 0.3 is 0 Å². The summed E-state index contributed by atoms with van der Waals surface area (Å²) >= 11 is 0. The molecule has 1 aliphatic rings. The smallest absolute Gasteiger partial charge is 0.290 e. The van der Waals surface area contributed by atoms with Gasteiger partial charge in [-0.3, -0.25) is 9.52 Å². The number of benzene rings is 2. The van der Waals surface area contributed by atoms with Gasteiger partial charge in [0, 0.05) is 29.7 Å². The van der Waals surface area contributed by atoms with Crippen molar-refractivity contribution in [2.45, 2.75) is 32.6 Å². The van der Waals surface area contributed by atoms with Crippen LogP contribution in [0.1, 0.15) is 34.2 Å². The predicted octanol–water partition coefficient (Wildman–Crippen LogP) is 4.03. The normalized spacial score (nSPS) is 14.5. The first-order valence-electron chi connectivity index (χ1n) is 10.9. The number of anilines is 1. The Morgan fingerprint density at radius 2 is 1.76 bits per heavy atom. The molecule has 1 N–H and O–H groups in total. The Labute approximate surface area is 193 Å². The van der Waals surface area contributed by atoms with Crippen molar-refractivity contribution in [3.8, 4) is 5.75 Å². The van der Waals surface area contributed by atoms with E-state index in [-0.39, 0.29) is 22.1 Å². The highest BCUT2D eigenvalue weighted by Gasteiger charge is 2.30. The summed E-state index contributed by atoms with van der Waals surface area (Å²) in [6.07, 6.45) is 0. The van der Waals surface area contributed by atoms with Gasteiger partial charge in [0.05, 0.1) is 19.8 Å². The standard InChI is InChI=1S/C24H28N2O6S/c1-5-31-19-8-6-18(7-9-19)25-33(28,29)23-16(3)15(2)14-20-17(4)21(32-22(20)23)24(27)26-10-12-30-13-11-26/h6-9,14,25H,5,10-13H2,1-4H3. The summed E-state index contributed by atoms with van der Waals surface area (Å²) < 4.78 is 46.3. The fourth-order valence-corrected chi connectivity index (χ4v) is 5.48. The molecule has 0 aliphatic carbocycles. The van der Waals surface area contributed by atoms with Gasteiger partial charge in [-0.15, -0.1) is 0 Å². The Morgan fingerprint density at radius 1 is 1.09 bits per heavy atom. The number of furan rings is 1. The number of carbonyl (C=O) groups is 1. The van der Waals surface area contributed by atoms with E-state index >= 15 is 0 Å². The Bertz CT molecular complexity index is 1290. The molecule has 0 spiro atoms. The van der Waals surface area contributed by atoms with E-state index in [0.717, 1.165) is 5.56 Å². The fraction of sp³-hybridized carbons (Fsp3) is 0.375. The van der Waals surface area contributed by atoms with Gasteiger partial charge < -0.3 is 18.8 Å². The number of rotatable bonds is 6. The number of nitrogens with one attached hydrogen (secondary N) is 1. The predicted molar refractivity (Wildman–Crippen MR) is 126 cm³/mol. The SMILES string of the molecule is CCOc1ccc(NS(=O)(=O)c2c(C)c(C)cc3c(C)c(C(=O)N4CCOCC4)oc23)cc1. The molecule has 8 nitrogen and oxygen atoms in total. The number of carbonyl (C=O) groups excluding carboxylic acids is 1. The molecule has 1 saturated heterocycles. The van der Waals surface area contributed by atoms with Crippen LogP contribution in [0.3, 0.4) is 0 Å². The van der Waals surface area contributed by atoms with Crippen molar-refractivity contribution in [1.82, 2.24) is 4.90 Å². The third-order valence-corrected chi connectivity index (χ3v) is 7.40. The molecule has 4 rings (SSSR count). The lowest BCUT2D eigenvalue weighted by atomic mass is 10.0. The zero-order valence-corrected chi connectivity index (χ0v) is 20.0. The molecule has 1 aliphatic heterocycles. The van der Waals surface area contributed by atoms with E-state index in [9.17, 15) is 13.2 Å². The Balaban J connectivity index is 1.77. The molecular weight excluding hydrogens is 444 g/mol. The third-order valence-electron chi connectivity index (χ3n) is 5.87. The monoisotopic (exact) mass is 472 g/mol. The number of sulfonamides is 1. The van der Waals surface area contributed by atoms with Gasteiger partial charge in [0.2, 0.25) is 0 Å². The summed E-state index contributed by atoms with van der Waals surface area (Å²) in [5.41, 5.74) is 2.58. The fourth-order valence-electron chi connectivity index (χ4n) is 3.97. The van der Waals surface area contributed by atoms with Gasteiger partial charge in [-0.05, 0) is 69.2 Å². The van der Waals surface area contributed by atoms with Crippen LogP contribution in [0.2, 0.25) is 0 Å². The van der Waals surface area contributed by atoms with Crippen molar-refractivity contribution >= 4 is 32.6 Å². The molecule has 0 saturated carbocycles. The highest BCUT2D eigenvalue weighted by atomic mass is 32.2. The highest BCUT2D eigenvalue weighted by Crippen LogP contribution is 2.36. The lowest BCUT2D eigenvalue weighted by Crippen LogP contribution is -2.40. The number of fused-ring (bicyclic) bond motifs is 1. The topological polar surface area (TPSA) is 98.1 Å². The maximum atomic E-state index is 13.5. The molecule has 0 bridgehead atoms. The zero-order valence-electron chi connectivity index (χ0n) is 19.2. The minimum atomic E-state index is -4.00. The number of hydrogen-bond acceptors (Lipinski definition) is 6. The summed E-state index contributed by atoms with van der Waals surface area (Å²) in [7, 11) is -4.00. The molecule has 176 valence electrons. The van der Waals surface area contributed by atoms with Crippen molar-refractivity contribution in [2.24, 2.45) is 0 Å². The van der Waals surface area contributed by atoms with Crippen molar-refractivity contribution in [3.63, 3.8) is 0 Å². The molecular formula is C24H28N2O6S. The number of morpholine rings is 1. The summed E-state index contributed by atoms with van der Waals surface area (Å²) in [4.78, 5) is 14.8. The van der Waals surface area contributed by atoms with Gasteiger partial charge in [-0.1, -0.05) is 0 Å². The van der Waals surface area contributed by atoms with Crippen molar-refractivity contribution in [1.29, 1.82) is 0 Å². The number of amides is 1. The van der Waals surface area contributed by atoms with Gasteiger partial charge in [0.25, 0.3) is 15.9 Å². The molecule has 0 atom stereocenters. The number of ether oxygens (including phenoxy) is 2. The highest BCUT2D eigenvalue weighted by molar-refractivity contribution is 7.93. The molecule has 1 fully saturated rings. The molecule has 0 unspecified atom stereocenters. The largest absolute Gasteiger partial charge is 0.494 e. The van der Waals surface area contributed by atoms with E-state index in [1.165, 1.54) is 0 Å². The van der Waals surface area contributed by atoms with E-state index in [0.29, 0.717) is 60.9 Å². The summed E-state index contributed by atoms with van der Waals surface area (Å²) in [5.74, 6) is 0.557. The van der Waals surface area contributed by atoms with Gasteiger partial charge in [0.1, 0.15) is 10.6 Å². The van der Waals surface area contributed by atoms with Gasteiger partial charge in [-0.2, -0.15) is 0 Å². The maximum Gasteiger partial charge on any atom is 0.290 e. The first kappa shape index (κ1) is 23.1. The zero-order chi connectivity index (χ0) is 23.8. The Hall–Kier alpha value is -3.04. The second kappa shape index (κ2) is 9.07. The minimum absolute atomic E-state index is 0.0375. The van der Waals surface area contributed by atoms with Crippen LogP contribution >= 0.6 is 0 Å². The van der Waals surface area contributed by atoms with Crippen LogP contribution < -0.4 is 9.46 Å². The van der Waals surface area contributed by atoms with E-state index in [4.69, 9.17) is 13.9 Å².